The van der Waals surface area contributed by atoms with E-state index in [0.717, 1.165) is 33.2 Å². The van der Waals surface area contributed by atoms with Crippen LogP contribution in [0.5, 0.6) is 5.75 Å². The van der Waals surface area contributed by atoms with Gasteiger partial charge in [0.1, 0.15) is 5.75 Å². The number of aliphatic hydroxyl groups excluding tert-OH is 1. The monoisotopic (exact) mass is 769 g/mol. The van der Waals surface area contributed by atoms with Crippen LogP contribution in [0.1, 0.15) is 46.0 Å². The molecule has 0 aliphatic carbocycles. The molecule has 56 heavy (non-hydrogen) atoms. The largest absolute Gasteiger partial charge is 0.497 e. The Hall–Kier alpha value is -5.36. The predicted octanol–water partition coefficient (Wildman–Crippen LogP) is 7.80. The van der Waals surface area contributed by atoms with Crippen molar-refractivity contribution in [3.8, 4) is 5.75 Å². The van der Waals surface area contributed by atoms with Gasteiger partial charge in [0.2, 0.25) is 14.3 Å². The molecule has 286 valence electrons. The minimum absolute atomic E-state index is 0.112. The molecule has 1 spiro atoms. The van der Waals surface area contributed by atoms with Crippen LogP contribution in [0.4, 0.5) is 21.2 Å². The maximum atomic E-state index is 16.7. The van der Waals surface area contributed by atoms with Crippen LogP contribution in [0.15, 0.2) is 103 Å². The van der Waals surface area contributed by atoms with Crippen LogP contribution in [-0.4, -0.2) is 62.0 Å². The molecule has 9 nitrogen and oxygen atoms in total. The maximum Gasteiger partial charge on any atom is 0.264 e. The zero-order valence-electron chi connectivity index (χ0n) is 31.9. The molecule has 4 heterocycles. The van der Waals surface area contributed by atoms with Crippen LogP contribution < -0.4 is 14.5 Å². The molecule has 5 aromatic carbocycles. The van der Waals surface area contributed by atoms with Gasteiger partial charge in [-0.05, 0) is 84.1 Å². The van der Waals surface area contributed by atoms with Crippen molar-refractivity contribution in [2.75, 3.05) is 23.5 Å². The van der Waals surface area contributed by atoms with E-state index in [-0.39, 0.29) is 37.3 Å². The topological polar surface area (TPSA) is 99.6 Å². The van der Waals surface area contributed by atoms with Gasteiger partial charge in [0, 0.05) is 34.6 Å². The Kier molecular flexibility index (Phi) is 8.68. The molecular weight excluding hydrogens is 726 g/mol. The first-order valence-electron chi connectivity index (χ1n) is 19.2. The fourth-order valence-electron chi connectivity index (χ4n) is 9.99. The molecule has 3 amide bonds. The van der Waals surface area contributed by atoms with Crippen molar-refractivity contribution in [2.45, 2.75) is 69.2 Å². The first kappa shape index (κ1) is 36.3. The van der Waals surface area contributed by atoms with E-state index < -0.39 is 37.6 Å². The van der Waals surface area contributed by atoms with E-state index in [2.05, 4.69) is 0 Å². The number of nitrogens with zero attached hydrogens (tertiary/aromatic N) is 3. The molecule has 4 aliphatic rings. The van der Waals surface area contributed by atoms with E-state index in [1.54, 1.807) is 47.0 Å². The van der Waals surface area contributed by atoms with E-state index in [4.69, 9.17) is 9.47 Å². The van der Waals surface area contributed by atoms with Gasteiger partial charge in [0.15, 0.2) is 5.60 Å². The van der Waals surface area contributed by atoms with E-state index in [0.29, 0.717) is 41.2 Å². The van der Waals surface area contributed by atoms with Crippen molar-refractivity contribution >= 4 is 54.0 Å². The number of aliphatic hydroxyl groups is 1. The van der Waals surface area contributed by atoms with Crippen LogP contribution in [0, 0.1) is 5.92 Å². The summed E-state index contributed by atoms with van der Waals surface area (Å²) in [7, 11) is -2.01. The summed E-state index contributed by atoms with van der Waals surface area (Å²) in [6.07, 6.45) is -0.478. The molecule has 0 aromatic heterocycles. The Morgan fingerprint density at radius 1 is 0.946 bits per heavy atom. The second kappa shape index (κ2) is 13.4. The number of amides is 3. The summed E-state index contributed by atoms with van der Waals surface area (Å²) in [5, 5.41) is 12.2. The smallest absolute Gasteiger partial charge is 0.264 e. The van der Waals surface area contributed by atoms with Gasteiger partial charge in [-0.3, -0.25) is 19.3 Å². The number of benzene rings is 5. The first-order valence-corrected chi connectivity index (χ1v) is 22.2. The second-order valence-corrected chi connectivity index (χ2v) is 19.9. The average Bonchev–Trinajstić information content (AvgIpc) is 3.75. The zero-order chi connectivity index (χ0) is 39.1. The van der Waals surface area contributed by atoms with Crippen molar-refractivity contribution in [1.82, 2.24) is 4.90 Å². The number of methoxy groups -OCH3 is 1. The number of hydrogen-bond acceptors (Lipinski definition) is 6. The Morgan fingerprint density at radius 3 is 2.45 bits per heavy atom. The van der Waals surface area contributed by atoms with Crippen molar-refractivity contribution < 1.29 is 33.1 Å². The number of rotatable bonds is 8. The molecule has 0 radical (unpaired) electrons. The molecular formula is C45H44FN3O6Si. The standard InChI is InChI=1S/C45H44FN3O6Si/c1-27-42(56(3,4)46)39(23-40(51)47-25-31-12-6-5-11-30(31)21-33(47)26-50)55-45(27)36-22-34(54-2)18-19-37(36)48(44(45)53)24-28-10-7-15-32(20-28)49-38-17-9-14-29-13-8-16-35(41(29)38)43(49)52/h5-20,22,27,33,39,42,50H,21,23-26H2,1-4H3/t27-,33-,39+,42-,45+/m0/s1. The lowest BCUT2D eigenvalue weighted by Gasteiger charge is -2.37. The number of hydrogen-bond donors (Lipinski definition) is 1. The van der Waals surface area contributed by atoms with Gasteiger partial charge < -0.3 is 28.5 Å². The zero-order valence-corrected chi connectivity index (χ0v) is 32.9. The number of anilines is 3. The fourth-order valence-corrected chi connectivity index (χ4v) is 12.5. The minimum Gasteiger partial charge on any atom is -0.497 e. The maximum absolute atomic E-state index is 16.7. The highest BCUT2D eigenvalue weighted by Gasteiger charge is 2.67. The number of halogens is 1. The van der Waals surface area contributed by atoms with Gasteiger partial charge in [-0.1, -0.05) is 67.6 Å². The lowest BCUT2D eigenvalue weighted by atomic mass is 9.82. The van der Waals surface area contributed by atoms with E-state index in [1.165, 1.54) is 0 Å². The molecule has 0 saturated carbocycles. The van der Waals surface area contributed by atoms with Crippen LogP contribution in [0.2, 0.25) is 18.6 Å². The molecule has 0 unspecified atom stereocenters. The quantitative estimate of drug-likeness (QED) is 0.128. The Morgan fingerprint density at radius 2 is 1.70 bits per heavy atom. The van der Waals surface area contributed by atoms with Gasteiger partial charge in [0.05, 0.1) is 55.8 Å². The summed E-state index contributed by atoms with van der Waals surface area (Å²) in [5.74, 6) is -0.762. The second-order valence-electron chi connectivity index (χ2n) is 16.1. The highest BCUT2D eigenvalue weighted by molar-refractivity contribution is 6.72. The van der Waals surface area contributed by atoms with E-state index >= 15 is 8.90 Å². The highest BCUT2D eigenvalue weighted by atomic mass is 28.4. The molecule has 1 fully saturated rings. The normalized spacial score (nSPS) is 24.0. The van der Waals surface area contributed by atoms with Crippen molar-refractivity contribution in [1.29, 1.82) is 0 Å². The molecule has 5 aromatic rings. The van der Waals surface area contributed by atoms with Gasteiger partial charge in [-0.2, -0.15) is 0 Å². The van der Waals surface area contributed by atoms with Crippen molar-refractivity contribution in [3.05, 3.63) is 131 Å². The van der Waals surface area contributed by atoms with Crippen LogP contribution >= 0.6 is 0 Å². The average molecular weight is 770 g/mol. The Balaban J connectivity index is 1.05. The van der Waals surface area contributed by atoms with Crippen LogP contribution in [0.25, 0.3) is 10.8 Å². The highest BCUT2D eigenvalue weighted by Crippen LogP contribution is 2.61. The lowest BCUT2D eigenvalue weighted by Crippen LogP contribution is -2.48. The predicted molar refractivity (Wildman–Crippen MR) is 215 cm³/mol. The Bertz CT molecular complexity index is 2430. The number of ether oxygens (including phenoxy) is 2. The number of fused-ring (bicyclic) bond motifs is 3. The third-order valence-corrected chi connectivity index (χ3v) is 15.0. The summed E-state index contributed by atoms with van der Waals surface area (Å²) in [6, 6.07) is 32.2. The summed E-state index contributed by atoms with van der Waals surface area (Å²) >= 11 is 0. The van der Waals surface area contributed by atoms with Gasteiger partial charge in [0.25, 0.3) is 11.8 Å². The minimum atomic E-state index is -3.57. The van der Waals surface area contributed by atoms with Crippen molar-refractivity contribution in [2.24, 2.45) is 5.92 Å². The number of carbonyl (C=O) groups excluding carboxylic acids is 3. The molecule has 11 heteroatoms. The van der Waals surface area contributed by atoms with Gasteiger partial charge in [-0.15, -0.1) is 0 Å². The van der Waals surface area contributed by atoms with Gasteiger partial charge >= 0.3 is 0 Å². The number of carbonyl (C=O) groups is 3. The molecule has 1 saturated heterocycles. The van der Waals surface area contributed by atoms with Gasteiger partial charge in [-0.25, -0.2) is 0 Å². The van der Waals surface area contributed by atoms with Crippen LogP contribution in [0.3, 0.4) is 0 Å². The Labute approximate surface area is 326 Å². The molecule has 9 rings (SSSR count). The van der Waals surface area contributed by atoms with Crippen molar-refractivity contribution in [3.63, 3.8) is 0 Å². The molecule has 1 N–H and O–H groups in total. The lowest BCUT2D eigenvalue weighted by molar-refractivity contribution is -0.151. The summed E-state index contributed by atoms with van der Waals surface area (Å²) in [5.41, 5.74) is 4.00. The third-order valence-electron chi connectivity index (χ3n) is 12.5. The summed E-state index contributed by atoms with van der Waals surface area (Å²) in [4.78, 5) is 48.3. The third kappa shape index (κ3) is 5.50. The molecule has 4 aliphatic heterocycles. The molecule has 5 atom stereocenters. The molecule has 0 bridgehead atoms. The first-order chi connectivity index (χ1) is 26.9. The van der Waals surface area contributed by atoms with E-state index in [9.17, 15) is 14.7 Å². The van der Waals surface area contributed by atoms with E-state index in [1.807, 2.05) is 97.9 Å². The summed E-state index contributed by atoms with van der Waals surface area (Å²) < 4.78 is 29.3. The fraction of sp³-hybridized carbons (Fsp3) is 0.311. The summed E-state index contributed by atoms with van der Waals surface area (Å²) in [6.45, 7) is 5.42. The van der Waals surface area contributed by atoms with Crippen LogP contribution in [-0.2, 0) is 39.4 Å². The SMILES string of the molecule is COc1ccc2c(c1)[C@@]1(O[C@H](CC(=O)N3Cc4ccccc4C[C@H]3CO)[C@@H]([Si](C)(C)F)[C@@H]1C)C(=O)N2Cc1cccc(N2C(=O)c3cccc4cccc2c34)c1.